The highest BCUT2D eigenvalue weighted by molar-refractivity contribution is 5.97. The summed E-state index contributed by atoms with van der Waals surface area (Å²) in [6.45, 7) is 9.80. The summed E-state index contributed by atoms with van der Waals surface area (Å²) in [4.78, 5) is 90.1. The van der Waals surface area contributed by atoms with Gasteiger partial charge < -0.3 is 59.2 Å². The fraction of sp³-hybridized carbons (Fsp3) is 0.625. The van der Waals surface area contributed by atoms with Gasteiger partial charge in [-0.05, 0) is 74.5 Å². The van der Waals surface area contributed by atoms with Crippen molar-refractivity contribution in [2.75, 3.05) is 19.6 Å². The number of hydrogen-bond acceptors (Lipinski definition) is 9. The number of guanidine groups is 1. The highest BCUT2D eigenvalue weighted by atomic mass is 16.4. The maximum atomic E-state index is 14.3. The first-order valence-electron chi connectivity index (χ1n) is 20.1. The van der Waals surface area contributed by atoms with E-state index in [1.807, 2.05) is 38.1 Å². The number of benzene rings is 1. The number of carbonyl (C=O) groups is 6. The monoisotopic (exact) mass is 812 g/mol. The Balaban J connectivity index is 1.90. The first-order valence-corrected chi connectivity index (χ1v) is 20.1. The van der Waals surface area contributed by atoms with Crippen molar-refractivity contribution in [3.63, 3.8) is 0 Å². The summed E-state index contributed by atoms with van der Waals surface area (Å²) in [7, 11) is 0. The highest BCUT2D eigenvalue weighted by Gasteiger charge is 2.41. The number of nitrogens with zero attached hydrogens (tertiary/aromatic N) is 2. The van der Waals surface area contributed by atoms with E-state index in [4.69, 9.17) is 22.9 Å². The van der Waals surface area contributed by atoms with E-state index in [0.717, 1.165) is 16.5 Å². The van der Waals surface area contributed by atoms with Crippen molar-refractivity contribution in [1.82, 2.24) is 31.2 Å². The molecule has 18 heteroatoms. The molecule has 0 aliphatic carbocycles. The quantitative estimate of drug-likeness (QED) is 0.0439. The Morgan fingerprint density at radius 3 is 2.24 bits per heavy atom. The number of hydrogen-bond donors (Lipinski definition) is 10. The van der Waals surface area contributed by atoms with Gasteiger partial charge in [0.15, 0.2) is 5.96 Å². The van der Waals surface area contributed by atoms with Crippen LogP contribution in [0.4, 0.5) is 0 Å². The Kier molecular flexibility index (Phi) is 17.9. The molecule has 3 rings (SSSR count). The van der Waals surface area contributed by atoms with Gasteiger partial charge >= 0.3 is 5.97 Å². The number of likely N-dealkylation sites (tertiary alicyclic amines) is 1. The molecule has 14 N–H and O–H groups in total. The molecule has 1 saturated heterocycles. The Bertz CT molecular complexity index is 1750. The standard InChI is InChI=1S/C40H65N11O7/c1-23(2)20-30(38(57)58)49-36(55)32(40(3,4)5)50-34(53)29(21-24-22-46-27-14-7-6-12-25(24)27)48-35(54)31-16-11-19-51(31)37(56)28(15-10-18-45-39(43)44)47-33(52)26(42)13-8-9-17-41/h6-7,12,14,22-23,26,28-32,46H,8-11,13,15-21,41-42H2,1-5H3,(H,47,52)(H,48,54)(H,49,55)(H,50,53)(H,57,58)(H4,43,44,45)/t26-,28-,29-,30-,31-,32?/m0/s1. The number of carboxylic acid groups (broad SMARTS) is 1. The predicted octanol–water partition coefficient (Wildman–Crippen LogP) is 0.327. The number of para-hydroxylation sites is 1. The Hall–Kier alpha value is -5.23. The Morgan fingerprint density at radius 2 is 1.60 bits per heavy atom. The van der Waals surface area contributed by atoms with E-state index in [1.165, 1.54) is 4.90 Å². The third kappa shape index (κ3) is 14.0. The molecule has 1 aliphatic rings. The second kappa shape index (κ2) is 22.1. The van der Waals surface area contributed by atoms with E-state index in [1.54, 1.807) is 27.0 Å². The molecule has 1 aromatic carbocycles. The number of carbonyl (C=O) groups excluding carboxylic acids is 5. The van der Waals surface area contributed by atoms with Crippen LogP contribution in [-0.2, 0) is 35.2 Å². The molecule has 1 aliphatic heterocycles. The molecule has 0 bridgehead atoms. The smallest absolute Gasteiger partial charge is 0.326 e. The molecule has 2 aromatic rings. The lowest BCUT2D eigenvalue weighted by atomic mass is 9.85. The van der Waals surface area contributed by atoms with Gasteiger partial charge in [0.2, 0.25) is 29.5 Å². The number of amides is 5. The molecular weight excluding hydrogens is 747 g/mol. The number of nitrogens with two attached hydrogens (primary N) is 4. The molecule has 1 unspecified atom stereocenters. The third-order valence-electron chi connectivity index (χ3n) is 10.2. The molecule has 58 heavy (non-hydrogen) atoms. The number of aliphatic carboxylic acids is 1. The van der Waals surface area contributed by atoms with Gasteiger partial charge in [0.25, 0.3) is 0 Å². The number of aliphatic imine (C=N–C) groups is 1. The van der Waals surface area contributed by atoms with E-state index in [-0.39, 0.29) is 44.2 Å². The number of aromatic amines is 1. The first kappa shape index (κ1) is 47.1. The van der Waals surface area contributed by atoms with Gasteiger partial charge in [0.05, 0.1) is 6.04 Å². The predicted molar refractivity (Wildman–Crippen MR) is 222 cm³/mol. The van der Waals surface area contributed by atoms with Crippen LogP contribution in [0.15, 0.2) is 35.5 Å². The lowest BCUT2D eigenvalue weighted by molar-refractivity contribution is -0.143. The summed E-state index contributed by atoms with van der Waals surface area (Å²) in [6.07, 6.45) is 4.97. The zero-order chi connectivity index (χ0) is 43.2. The van der Waals surface area contributed by atoms with Gasteiger partial charge in [-0.1, -0.05) is 59.2 Å². The average Bonchev–Trinajstić information content (AvgIpc) is 3.81. The number of nitrogens with one attached hydrogen (secondary N) is 5. The van der Waals surface area contributed by atoms with E-state index in [2.05, 4.69) is 31.2 Å². The lowest BCUT2D eigenvalue weighted by Crippen LogP contribution is -2.61. The van der Waals surface area contributed by atoms with Gasteiger partial charge in [-0.15, -0.1) is 0 Å². The average molecular weight is 812 g/mol. The van der Waals surface area contributed by atoms with Crippen molar-refractivity contribution in [2.24, 2.45) is 39.3 Å². The summed E-state index contributed by atoms with van der Waals surface area (Å²) in [5.74, 6) is -4.26. The summed E-state index contributed by atoms with van der Waals surface area (Å²) in [5.41, 5.74) is 23.4. The fourth-order valence-electron chi connectivity index (χ4n) is 7.05. The van der Waals surface area contributed by atoms with Crippen LogP contribution in [0.2, 0.25) is 0 Å². The lowest BCUT2D eigenvalue weighted by Gasteiger charge is -2.33. The van der Waals surface area contributed by atoms with Crippen molar-refractivity contribution < 1.29 is 33.9 Å². The zero-order valence-corrected chi connectivity index (χ0v) is 34.5. The molecule has 0 saturated carbocycles. The minimum absolute atomic E-state index is 0.0252. The van der Waals surface area contributed by atoms with E-state index in [9.17, 15) is 33.9 Å². The summed E-state index contributed by atoms with van der Waals surface area (Å²) in [6, 6.07) is 1.04. The van der Waals surface area contributed by atoms with Crippen LogP contribution in [0.3, 0.4) is 0 Å². The van der Waals surface area contributed by atoms with Gasteiger partial charge in [0, 0.05) is 36.6 Å². The van der Waals surface area contributed by atoms with Gasteiger partial charge in [-0.2, -0.15) is 0 Å². The number of H-pyrrole nitrogens is 1. The van der Waals surface area contributed by atoms with Crippen molar-refractivity contribution in [1.29, 1.82) is 0 Å². The van der Waals surface area contributed by atoms with Crippen LogP contribution >= 0.6 is 0 Å². The molecule has 322 valence electrons. The number of unbranched alkanes of at least 4 members (excludes halogenated alkanes) is 1. The summed E-state index contributed by atoms with van der Waals surface area (Å²) >= 11 is 0. The van der Waals surface area contributed by atoms with Crippen LogP contribution < -0.4 is 44.2 Å². The maximum Gasteiger partial charge on any atom is 0.326 e. The number of aromatic nitrogens is 1. The molecule has 2 heterocycles. The summed E-state index contributed by atoms with van der Waals surface area (Å²) in [5, 5.41) is 21.7. The van der Waals surface area contributed by atoms with Crippen LogP contribution in [0, 0.1) is 11.3 Å². The van der Waals surface area contributed by atoms with E-state index < -0.39 is 77.2 Å². The summed E-state index contributed by atoms with van der Waals surface area (Å²) < 4.78 is 0. The van der Waals surface area contributed by atoms with E-state index in [0.29, 0.717) is 45.1 Å². The molecule has 0 spiro atoms. The molecular formula is C40H65N11O7. The molecule has 18 nitrogen and oxygen atoms in total. The number of fused-ring (bicyclic) bond motifs is 1. The minimum atomic E-state index is -1.21. The van der Waals surface area contributed by atoms with Crippen LogP contribution in [0.1, 0.15) is 91.5 Å². The molecule has 5 amide bonds. The van der Waals surface area contributed by atoms with Crippen LogP contribution in [-0.4, -0.2) is 112 Å². The third-order valence-corrected chi connectivity index (χ3v) is 10.2. The van der Waals surface area contributed by atoms with Crippen LogP contribution in [0.25, 0.3) is 10.9 Å². The second-order valence-corrected chi connectivity index (χ2v) is 16.6. The van der Waals surface area contributed by atoms with Gasteiger partial charge in [0.1, 0.15) is 30.2 Å². The van der Waals surface area contributed by atoms with Crippen molar-refractivity contribution in [3.8, 4) is 0 Å². The van der Waals surface area contributed by atoms with Gasteiger partial charge in [-0.25, -0.2) is 4.79 Å². The molecule has 1 aromatic heterocycles. The van der Waals surface area contributed by atoms with Crippen molar-refractivity contribution in [3.05, 3.63) is 36.0 Å². The van der Waals surface area contributed by atoms with Crippen molar-refractivity contribution in [2.45, 2.75) is 129 Å². The molecule has 0 radical (unpaired) electrons. The Labute approximate surface area is 340 Å². The fourth-order valence-corrected chi connectivity index (χ4v) is 7.05. The second-order valence-electron chi connectivity index (χ2n) is 16.6. The van der Waals surface area contributed by atoms with E-state index >= 15 is 0 Å². The first-order chi connectivity index (χ1) is 27.3. The maximum absolute atomic E-state index is 14.3. The van der Waals surface area contributed by atoms with Crippen molar-refractivity contribution >= 4 is 52.4 Å². The zero-order valence-electron chi connectivity index (χ0n) is 34.5. The van der Waals surface area contributed by atoms with Crippen LogP contribution in [0.5, 0.6) is 0 Å². The molecule has 1 fully saturated rings. The normalized spacial score (nSPS) is 16.8. The molecule has 6 atom stereocenters. The largest absolute Gasteiger partial charge is 0.480 e. The SMILES string of the molecule is CC(C)C[C@H](NC(=O)C(NC(=O)[C@H](Cc1c[nH]c2ccccc12)NC(=O)[C@@H]1CCCN1C(=O)[C@H](CCCN=C(N)N)NC(=O)[C@@H](N)CCCCN)C(C)(C)C)C(=O)O. The number of carboxylic acids is 1. The Morgan fingerprint density at radius 1 is 0.914 bits per heavy atom. The highest BCUT2D eigenvalue weighted by Crippen LogP contribution is 2.24. The number of rotatable bonds is 22. The van der Waals surface area contributed by atoms with Gasteiger partial charge in [-0.3, -0.25) is 29.0 Å². The minimum Gasteiger partial charge on any atom is -0.480 e. The topological polar surface area (TPSA) is 306 Å².